The van der Waals surface area contributed by atoms with Crippen LogP contribution in [0.3, 0.4) is 0 Å². The lowest BCUT2D eigenvalue weighted by Crippen LogP contribution is -2.42. The smallest absolute Gasteiger partial charge is 0.334 e. The van der Waals surface area contributed by atoms with Crippen LogP contribution in [0.4, 0.5) is 0 Å². The van der Waals surface area contributed by atoms with Gasteiger partial charge in [0.25, 0.3) is 5.91 Å². The van der Waals surface area contributed by atoms with Gasteiger partial charge in [0, 0.05) is 38.5 Å². The Labute approximate surface area is 265 Å². The van der Waals surface area contributed by atoms with E-state index in [0.29, 0.717) is 50.2 Å². The van der Waals surface area contributed by atoms with Crippen molar-refractivity contribution in [2.75, 3.05) is 20.3 Å². The maximum Gasteiger partial charge on any atom is 0.334 e. The van der Waals surface area contributed by atoms with Crippen molar-refractivity contribution < 1.29 is 39.2 Å². The number of Topliss-reactive ketones (excluding diaryl/α,β-unsaturated/α-hetero) is 1. The lowest BCUT2D eigenvalue weighted by Gasteiger charge is -2.22. The summed E-state index contributed by atoms with van der Waals surface area (Å²) in [6.07, 6.45) is 11.7. The molecule has 1 amide bonds. The summed E-state index contributed by atoms with van der Waals surface area (Å²) in [7, 11) is 1.61. The molecular formula is C35H59NO8. The summed E-state index contributed by atoms with van der Waals surface area (Å²) in [4.78, 5) is 38.0. The molecule has 0 aromatic rings. The van der Waals surface area contributed by atoms with Crippen molar-refractivity contribution in [3.63, 3.8) is 0 Å². The fourth-order valence-corrected chi connectivity index (χ4v) is 5.33. The molecule has 6 atom stereocenters. The number of cyclic esters (lactones) is 1. The molecule has 0 saturated heterocycles. The summed E-state index contributed by atoms with van der Waals surface area (Å²) in [5, 5.41) is 34.1. The first kappa shape index (κ1) is 39.7. The van der Waals surface area contributed by atoms with Gasteiger partial charge in [-0.1, -0.05) is 57.9 Å². The third-order valence-corrected chi connectivity index (χ3v) is 8.14. The molecule has 0 radical (unpaired) electrons. The van der Waals surface area contributed by atoms with Gasteiger partial charge in [-0.25, -0.2) is 4.79 Å². The SMILES string of the molecule is CCC[C@@H]1OC(=O)/C(C)=C/[C@H](C)CCCCC(=O)CCCC(CC)/C=C/C=C(\COC)CC[C@@H](O)[C@@H](O)C[C@H](O)CNC1=O. The number of esters is 1. The summed E-state index contributed by atoms with van der Waals surface area (Å²) in [5.74, 6) is -0.300. The topological polar surface area (TPSA) is 142 Å². The molecule has 1 aliphatic heterocycles. The standard InChI is InChI=1S/C35H59NO8/c1-6-12-33-34(41)36-23-30(38)22-32(40)31(39)20-19-28(24-43-5)16-10-14-27(7-2)15-11-18-29(37)17-9-8-13-25(3)21-26(4)35(42)44-33/h10,14,16,21,25,27,30-33,38-40H,6-9,11-13,15,17-20,22-24H2,1-5H3,(H,36,41)/b14-10+,26-21+,28-16-/t25-,27?,30+,31-,32+,33+/m1/s1. The van der Waals surface area contributed by atoms with Gasteiger partial charge in [-0.2, -0.15) is 0 Å². The van der Waals surface area contributed by atoms with E-state index in [4.69, 9.17) is 9.47 Å². The highest BCUT2D eigenvalue weighted by molar-refractivity contribution is 5.91. The van der Waals surface area contributed by atoms with Crippen molar-refractivity contribution >= 4 is 17.7 Å². The fourth-order valence-electron chi connectivity index (χ4n) is 5.33. The number of carbonyl (C=O) groups excluding carboxylic acids is 3. The Morgan fingerprint density at radius 2 is 1.70 bits per heavy atom. The van der Waals surface area contributed by atoms with Crippen molar-refractivity contribution in [2.45, 2.75) is 136 Å². The molecule has 1 unspecified atom stereocenters. The van der Waals surface area contributed by atoms with Gasteiger partial charge in [0.1, 0.15) is 5.78 Å². The van der Waals surface area contributed by atoms with E-state index in [1.165, 1.54) is 0 Å². The maximum atomic E-state index is 12.8. The zero-order valence-corrected chi connectivity index (χ0v) is 27.8. The maximum absolute atomic E-state index is 12.8. The van der Waals surface area contributed by atoms with Crippen LogP contribution in [0.5, 0.6) is 0 Å². The van der Waals surface area contributed by atoms with E-state index in [1.54, 1.807) is 14.0 Å². The van der Waals surface area contributed by atoms with Crippen LogP contribution >= 0.6 is 0 Å². The second-order valence-electron chi connectivity index (χ2n) is 12.3. The highest BCUT2D eigenvalue weighted by Gasteiger charge is 2.25. The molecule has 252 valence electrons. The Kier molecular flexibility index (Phi) is 20.8. The monoisotopic (exact) mass is 621 g/mol. The van der Waals surface area contributed by atoms with Gasteiger partial charge in [0.2, 0.25) is 0 Å². The van der Waals surface area contributed by atoms with Crippen molar-refractivity contribution in [3.05, 3.63) is 35.5 Å². The first-order chi connectivity index (χ1) is 21.0. The van der Waals surface area contributed by atoms with Crippen LogP contribution in [0.2, 0.25) is 0 Å². The number of amides is 1. The normalized spacial score (nSPS) is 32.1. The number of hydrogen-bond donors (Lipinski definition) is 4. The number of nitrogens with one attached hydrogen (secondary N) is 1. The Balaban J connectivity index is 3.00. The Bertz CT molecular complexity index is 943. The Morgan fingerprint density at radius 1 is 0.977 bits per heavy atom. The third-order valence-electron chi connectivity index (χ3n) is 8.14. The molecule has 9 heteroatoms. The minimum absolute atomic E-state index is 0.121. The van der Waals surface area contributed by atoms with Crippen LogP contribution in [-0.2, 0) is 23.9 Å². The van der Waals surface area contributed by atoms with Gasteiger partial charge in [-0.3, -0.25) is 9.59 Å². The van der Waals surface area contributed by atoms with Crippen LogP contribution in [-0.4, -0.2) is 77.7 Å². The predicted octanol–water partition coefficient (Wildman–Crippen LogP) is 5.12. The number of ketones is 1. The molecule has 0 saturated carbocycles. The minimum Gasteiger partial charge on any atom is -0.449 e. The van der Waals surface area contributed by atoms with Gasteiger partial charge in [-0.05, 0) is 75.7 Å². The van der Waals surface area contributed by atoms with Gasteiger partial charge in [0.05, 0.1) is 24.9 Å². The summed E-state index contributed by atoms with van der Waals surface area (Å²) in [6, 6.07) is 0. The summed E-state index contributed by atoms with van der Waals surface area (Å²) >= 11 is 0. The van der Waals surface area contributed by atoms with Crippen LogP contribution in [0.15, 0.2) is 35.5 Å². The number of ether oxygens (including phenoxy) is 2. The van der Waals surface area contributed by atoms with E-state index < -0.39 is 36.3 Å². The third kappa shape index (κ3) is 17.2. The highest BCUT2D eigenvalue weighted by atomic mass is 16.5. The quantitative estimate of drug-likeness (QED) is 0.310. The molecule has 0 fully saturated rings. The van der Waals surface area contributed by atoms with Crippen molar-refractivity contribution in [1.29, 1.82) is 0 Å². The zero-order valence-electron chi connectivity index (χ0n) is 27.8. The average Bonchev–Trinajstić information content (AvgIpc) is 2.98. The van der Waals surface area contributed by atoms with Gasteiger partial charge in [0.15, 0.2) is 6.10 Å². The van der Waals surface area contributed by atoms with Crippen molar-refractivity contribution in [2.24, 2.45) is 11.8 Å². The number of aliphatic hydroxyl groups excluding tert-OH is 3. The van der Waals surface area contributed by atoms with E-state index in [9.17, 15) is 29.7 Å². The lowest BCUT2D eigenvalue weighted by atomic mass is 9.95. The molecule has 0 aromatic heterocycles. The van der Waals surface area contributed by atoms with E-state index in [0.717, 1.165) is 44.1 Å². The molecule has 1 heterocycles. The van der Waals surface area contributed by atoms with Gasteiger partial charge in [-0.15, -0.1) is 0 Å². The molecule has 0 aromatic carbocycles. The van der Waals surface area contributed by atoms with Crippen LogP contribution < -0.4 is 5.32 Å². The van der Waals surface area contributed by atoms with Crippen LogP contribution in [0.25, 0.3) is 0 Å². The van der Waals surface area contributed by atoms with Gasteiger partial charge >= 0.3 is 5.97 Å². The number of allylic oxidation sites excluding steroid dienone is 4. The molecule has 1 rings (SSSR count). The summed E-state index contributed by atoms with van der Waals surface area (Å²) in [6.45, 7) is 7.96. The molecule has 0 bridgehead atoms. The van der Waals surface area contributed by atoms with E-state index in [-0.39, 0.29) is 31.1 Å². The van der Waals surface area contributed by atoms with Crippen molar-refractivity contribution in [3.8, 4) is 0 Å². The Hall–Kier alpha value is -2.33. The van der Waals surface area contributed by atoms with Crippen LogP contribution in [0, 0.1) is 11.8 Å². The number of carbonyl (C=O) groups is 3. The molecule has 44 heavy (non-hydrogen) atoms. The second kappa shape index (κ2) is 23.1. The van der Waals surface area contributed by atoms with E-state index in [2.05, 4.69) is 18.3 Å². The molecular weight excluding hydrogens is 562 g/mol. The summed E-state index contributed by atoms with van der Waals surface area (Å²) < 4.78 is 10.8. The van der Waals surface area contributed by atoms with Gasteiger partial charge < -0.3 is 30.1 Å². The van der Waals surface area contributed by atoms with E-state index in [1.807, 2.05) is 32.1 Å². The zero-order chi connectivity index (χ0) is 32.9. The average molecular weight is 622 g/mol. The number of rotatable bonds is 5. The lowest BCUT2D eigenvalue weighted by molar-refractivity contribution is -0.152. The predicted molar refractivity (Wildman–Crippen MR) is 173 cm³/mol. The molecule has 0 spiro atoms. The minimum atomic E-state index is -1.18. The first-order valence-electron chi connectivity index (χ1n) is 16.6. The largest absolute Gasteiger partial charge is 0.449 e. The molecule has 9 nitrogen and oxygen atoms in total. The molecule has 4 N–H and O–H groups in total. The first-order valence-corrected chi connectivity index (χ1v) is 16.6. The number of hydrogen-bond acceptors (Lipinski definition) is 8. The van der Waals surface area contributed by atoms with Crippen LogP contribution in [0.1, 0.15) is 111 Å². The second-order valence-corrected chi connectivity index (χ2v) is 12.3. The van der Waals surface area contributed by atoms with Crippen molar-refractivity contribution in [1.82, 2.24) is 5.32 Å². The number of methoxy groups -OCH3 is 1. The molecule has 1 aliphatic rings. The molecule has 0 aliphatic carbocycles. The fraction of sp³-hybridized carbons (Fsp3) is 0.743. The van der Waals surface area contributed by atoms with E-state index >= 15 is 0 Å². The number of β-amino-alcohol motifs (C(OH)–C–C–N with tert-alkyl or cyclic N) is 1. The highest BCUT2D eigenvalue weighted by Crippen LogP contribution is 2.19. The summed E-state index contributed by atoms with van der Waals surface area (Å²) in [5.41, 5.74) is 1.40. The number of aliphatic hydroxyl groups is 3. The Morgan fingerprint density at radius 3 is 2.39 bits per heavy atom.